The van der Waals surface area contributed by atoms with Gasteiger partial charge in [0.1, 0.15) is 5.75 Å². The predicted molar refractivity (Wildman–Crippen MR) is 52.4 cm³/mol. The monoisotopic (exact) mass is 193 g/mol. The van der Waals surface area contributed by atoms with E-state index in [2.05, 4.69) is 5.32 Å². The first-order valence-electron chi connectivity index (χ1n) is 4.25. The largest absolute Gasteiger partial charge is 0.507 e. The van der Waals surface area contributed by atoms with Crippen molar-refractivity contribution in [3.8, 4) is 5.75 Å². The van der Waals surface area contributed by atoms with Crippen molar-refractivity contribution in [1.82, 2.24) is 0 Å². The van der Waals surface area contributed by atoms with Gasteiger partial charge in [-0.3, -0.25) is 9.59 Å². The lowest BCUT2D eigenvalue weighted by Gasteiger charge is -2.04. The van der Waals surface area contributed by atoms with Crippen LogP contribution in [0.2, 0.25) is 0 Å². The van der Waals surface area contributed by atoms with Crippen LogP contribution in [0.5, 0.6) is 5.75 Å². The third kappa shape index (κ3) is 2.10. The van der Waals surface area contributed by atoms with Crippen LogP contribution < -0.4 is 5.32 Å². The second-order valence-electron chi connectivity index (χ2n) is 2.77. The Hall–Kier alpha value is -1.84. The highest BCUT2D eigenvalue weighted by molar-refractivity contribution is 5.99. The molecular formula is C10H11NO3. The Morgan fingerprint density at radius 1 is 1.57 bits per heavy atom. The van der Waals surface area contributed by atoms with Crippen LogP contribution in [0.15, 0.2) is 18.2 Å². The first-order chi connectivity index (χ1) is 6.69. The molecule has 0 aliphatic rings. The Kier molecular flexibility index (Phi) is 3.23. The fraction of sp³-hybridized carbons (Fsp3) is 0.200. The molecule has 14 heavy (non-hydrogen) atoms. The van der Waals surface area contributed by atoms with Gasteiger partial charge in [-0.05, 0) is 12.1 Å². The minimum Gasteiger partial charge on any atom is -0.507 e. The van der Waals surface area contributed by atoms with Gasteiger partial charge in [0, 0.05) is 18.2 Å². The maximum atomic E-state index is 11.3. The van der Waals surface area contributed by atoms with Gasteiger partial charge in [0.05, 0.1) is 5.56 Å². The van der Waals surface area contributed by atoms with Crippen LogP contribution in [0.25, 0.3) is 0 Å². The first kappa shape index (κ1) is 10.2. The van der Waals surface area contributed by atoms with Crippen LogP contribution in [-0.4, -0.2) is 17.3 Å². The summed E-state index contributed by atoms with van der Waals surface area (Å²) in [6.45, 7) is 1.72. The van der Waals surface area contributed by atoms with Crippen LogP contribution in [-0.2, 0) is 4.79 Å². The Balaban J connectivity index is 3.00. The number of carbonyl (C=O) groups excluding carboxylic acids is 2. The van der Waals surface area contributed by atoms with Gasteiger partial charge in [-0.2, -0.15) is 0 Å². The number of rotatable bonds is 4. The number of hydrogen-bond donors (Lipinski definition) is 2. The number of nitrogens with one attached hydrogen (secondary N) is 1. The minimum absolute atomic E-state index is 0.108. The van der Waals surface area contributed by atoms with Crippen LogP contribution in [0.3, 0.4) is 0 Å². The number of Topliss-reactive ketones (excluding diaryl/α,β-unsaturated/α-hetero) is 1. The zero-order valence-corrected chi connectivity index (χ0v) is 7.78. The summed E-state index contributed by atoms with van der Waals surface area (Å²) in [5.74, 6) is -0.233. The van der Waals surface area contributed by atoms with E-state index in [0.717, 1.165) is 0 Å². The lowest BCUT2D eigenvalue weighted by atomic mass is 10.1. The van der Waals surface area contributed by atoms with Gasteiger partial charge in [-0.15, -0.1) is 0 Å². The third-order valence-corrected chi connectivity index (χ3v) is 1.84. The molecule has 2 N–H and O–H groups in total. The molecule has 0 unspecified atom stereocenters. The van der Waals surface area contributed by atoms with E-state index in [1.54, 1.807) is 13.0 Å². The average Bonchev–Trinajstić information content (AvgIpc) is 2.17. The maximum Gasteiger partial charge on any atom is 0.211 e. The summed E-state index contributed by atoms with van der Waals surface area (Å²) in [6, 6.07) is 4.40. The Labute approximate surface area is 81.6 Å². The standard InChI is InChI=1S/C10H11NO3/c1-2-9(13)8-4-3-7(11-6-12)5-10(8)14/h3-6,14H,2H2,1H3,(H,11,12). The number of hydrogen-bond acceptors (Lipinski definition) is 3. The summed E-state index contributed by atoms with van der Waals surface area (Å²) in [6.07, 6.45) is 0.851. The zero-order valence-electron chi connectivity index (χ0n) is 7.78. The lowest BCUT2D eigenvalue weighted by Crippen LogP contribution is -1.99. The number of phenols is 1. The molecule has 0 bridgehead atoms. The van der Waals surface area contributed by atoms with Crippen molar-refractivity contribution >= 4 is 17.9 Å². The van der Waals surface area contributed by atoms with E-state index < -0.39 is 0 Å². The van der Waals surface area contributed by atoms with Gasteiger partial charge < -0.3 is 10.4 Å². The quantitative estimate of drug-likeness (QED) is 0.563. The molecule has 0 atom stereocenters. The molecule has 1 rings (SSSR count). The van der Waals surface area contributed by atoms with E-state index in [0.29, 0.717) is 18.5 Å². The maximum absolute atomic E-state index is 11.3. The summed E-state index contributed by atoms with van der Waals surface area (Å²) in [5.41, 5.74) is 0.745. The summed E-state index contributed by atoms with van der Waals surface area (Å²) in [5, 5.41) is 11.8. The molecular weight excluding hydrogens is 182 g/mol. The fourth-order valence-corrected chi connectivity index (χ4v) is 1.12. The highest BCUT2D eigenvalue weighted by atomic mass is 16.3. The molecule has 4 heteroatoms. The molecule has 1 aromatic rings. The molecule has 0 spiro atoms. The van der Waals surface area contributed by atoms with E-state index in [1.807, 2.05) is 0 Å². The van der Waals surface area contributed by atoms with Crippen molar-refractivity contribution in [1.29, 1.82) is 0 Å². The van der Waals surface area contributed by atoms with E-state index in [1.165, 1.54) is 12.1 Å². The van der Waals surface area contributed by atoms with E-state index in [-0.39, 0.29) is 17.1 Å². The molecule has 0 saturated carbocycles. The predicted octanol–water partition coefficient (Wildman–Crippen LogP) is 1.55. The molecule has 0 radical (unpaired) electrons. The van der Waals surface area contributed by atoms with Crippen LogP contribution in [0.4, 0.5) is 5.69 Å². The lowest BCUT2D eigenvalue weighted by molar-refractivity contribution is -0.105. The van der Waals surface area contributed by atoms with Crippen molar-refractivity contribution in [2.75, 3.05) is 5.32 Å². The highest BCUT2D eigenvalue weighted by Crippen LogP contribution is 2.22. The van der Waals surface area contributed by atoms with Crippen molar-refractivity contribution in [2.24, 2.45) is 0 Å². The van der Waals surface area contributed by atoms with Gasteiger partial charge in [-0.25, -0.2) is 0 Å². The van der Waals surface area contributed by atoms with Crippen molar-refractivity contribution in [3.05, 3.63) is 23.8 Å². The average molecular weight is 193 g/mol. The molecule has 0 heterocycles. The molecule has 1 amide bonds. The van der Waals surface area contributed by atoms with E-state index in [9.17, 15) is 14.7 Å². The van der Waals surface area contributed by atoms with Gasteiger partial charge >= 0.3 is 0 Å². The summed E-state index contributed by atoms with van der Waals surface area (Å²) < 4.78 is 0. The molecule has 1 aromatic carbocycles. The molecule has 74 valence electrons. The summed E-state index contributed by atoms with van der Waals surface area (Å²) in [7, 11) is 0. The summed E-state index contributed by atoms with van der Waals surface area (Å²) in [4.78, 5) is 21.4. The number of anilines is 1. The highest BCUT2D eigenvalue weighted by Gasteiger charge is 2.08. The van der Waals surface area contributed by atoms with Crippen molar-refractivity contribution in [2.45, 2.75) is 13.3 Å². The van der Waals surface area contributed by atoms with Gasteiger partial charge in [0.25, 0.3) is 0 Å². The minimum atomic E-state index is -0.125. The molecule has 0 saturated heterocycles. The van der Waals surface area contributed by atoms with Crippen LogP contribution in [0.1, 0.15) is 23.7 Å². The Bertz CT molecular complexity index is 360. The number of benzene rings is 1. The fourth-order valence-electron chi connectivity index (χ4n) is 1.12. The number of ketones is 1. The van der Waals surface area contributed by atoms with Crippen molar-refractivity contribution < 1.29 is 14.7 Å². The van der Waals surface area contributed by atoms with Gasteiger partial charge in [0.15, 0.2) is 5.78 Å². The SMILES string of the molecule is CCC(=O)c1ccc(NC=O)cc1O. The number of amides is 1. The number of carbonyl (C=O) groups is 2. The summed E-state index contributed by atoms with van der Waals surface area (Å²) >= 11 is 0. The Morgan fingerprint density at radius 2 is 2.29 bits per heavy atom. The molecule has 0 aliphatic heterocycles. The zero-order chi connectivity index (χ0) is 10.6. The number of aromatic hydroxyl groups is 1. The molecule has 0 aromatic heterocycles. The second-order valence-corrected chi connectivity index (χ2v) is 2.77. The van der Waals surface area contributed by atoms with E-state index >= 15 is 0 Å². The smallest absolute Gasteiger partial charge is 0.211 e. The van der Waals surface area contributed by atoms with Crippen LogP contribution in [0, 0.1) is 0 Å². The Morgan fingerprint density at radius 3 is 2.79 bits per heavy atom. The molecule has 4 nitrogen and oxygen atoms in total. The second kappa shape index (κ2) is 4.41. The van der Waals surface area contributed by atoms with Crippen molar-refractivity contribution in [3.63, 3.8) is 0 Å². The topological polar surface area (TPSA) is 66.4 Å². The number of phenolic OH excluding ortho intramolecular Hbond substituents is 1. The van der Waals surface area contributed by atoms with E-state index in [4.69, 9.17) is 0 Å². The van der Waals surface area contributed by atoms with Crippen LogP contribution >= 0.6 is 0 Å². The van der Waals surface area contributed by atoms with Gasteiger partial charge in [0.2, 0.25) is 6.41 Å². The first-order valence-corrected chi connectivity index (χ1v) is 4.25. The van der Waals surface area contributed by atoms with Gasteiger partial charge in [-0.1, -0.05) is 6.92 Å². The normalized spacial score (nSPS) is 9.50. The molecule has 0 aliphatic carbocycles. The molecule has 0 fully saturated rings. The third-order valence-electron chi connectivity index (χ3n) is 1.84.